The van der Waals surface area contributed by atoms with Gasteiger partial charge in [-0.2, -0.15) is 0 Å². The molecule has 0 bridgehead atoms. The summed E-state index contributed by atoms with van der Waals surface area (Å²) in [6.07, 6.45) is 14.7. The second kappa shape index (κ2) is 19.7. The van der Waals surface area contributed by atoms with E-state index in [2.05, 4.69) is 24.9 Å². The number of aryl methyl sites for hydroxylation is 2. The molecule has 3 rings (SSSR count). The predicted octanol–water partition coefficient (Wildman–Crippen LogP) is 8.35. The largest absolute Gasteiger partial charge is 0.497 e. The van der Waals surface area contributed by atoms with Crippen LogP contribution in [-0.4, -0.2) is 50.3 Å². The van der Waals surface area contributed by atoms with Gasteiger partial charge in [0.25, 0.3) is 0 Å². The van der Waals surface area contributed by atoms with E-state index in [4.69, 9.17) is 14.2 Å². The fourth-order valence-corrected chi connectivity index (χ4v) is 5.57. The molecule has 1 aliphatic rings. The SMILES string of the molecule is CCCCCCCCCCCC(=O)O[C@@H]1C[C@@H](CCOc2ccc(F)cc2CCc2cccc(OC)c2)N(C)C1.Cl. The number of esters is 1. The molecule has 41 heavy (non-hydrogen) atoms. The molecule has 0 aromatic heterocycles. The molecule has 0 unspecified atom stereocenters. The Morgan fingerprint density at radius 2 is 1.71 bits per heavy atom. The number of hydrogen-bond donors (Lipinski definition) is 0. The zero-order valence-corrected chi connectivity index (χ0v) is 26.2. The molecule has 2 aromatic rings. The summed E-state index contributed by atoms with van der Waals surface area (Å²) in [5.41, 5.74) is 2.01. The summed E-state index contributed by atoms with van der Waals surface area (Å²) in [7, 11) is 3.74. The molecule has 2 atom stereocenters. The summed E-state index contributed by atoms with van der Waals surface area (Å²) >= 11 is 0. The number of unbranched alkanes of at least 4 members (excludes halogenated alkanes) is 8. The predicted molar refractivity (Wildman–Crippen MR) is 167 cm³/mol. The van der Waals surface area contributed by atoms with Crippen LogP contribution in [0.2, 0.25) is 0 Å². The van der Waals surface area contributed by atoms with E-state index in [0.717, 1.165) is 61.3 Å². The minimum atomic E-state index is -0.254. The van der Waals surface area contributed by atoms with Crippen LogP contribution < -0.4 is 9.47 Å². The maximum Gasteiger partial charge on any atom is 0.306 e. The van der Waals surface area contributed by atoms with E-state index in [0.29, 0.717) is 25.5 Å². The number of carbonyl (C=O) groups is 1. The van der Waals surface area contributed by atoms with Crippen molar-refractivity contribution in [2.45, 2.75) is 109 Å². The summed E-state index contributed by atoms with van der Waals surface area (Å²) in [5.74, 6) is 1.23. The van der Waals surface area contributed by atoms with E-state index in [1.807, 2.05) is 18.2 Å². The van der Waals surface area contributed by atoms with Gasteiger partial charge in [0, 0.05) is 25.4 Å². The summed E-state index contributed by atoms with van der Waals surface area (Å²) < 4.78 is 31.3. The molecule has 0 aliphatic carbocycles. The summed E-state index contributed by atoms with van der Waals surface area (Å²) in [5, 5.41) is 0. The number of benzene rings is 2. The number of ether oxygens (including phenoxy) is 3. The smallest absolute Gasteiger partial charge is 0.306 e. The molecule has 1 aliphatic heterocycles. The quantitative estimate of drug-likeness (QED) is 0.121. The number of likely N-dealkylation sites (N-methyl/N-ethyl adjacent to an activating group) is 1. The van der Waals surface area contributed by atoms with Crippen LogP contribution in [0, 0.1) is 5.82 Å². The molecule has 230 valence electrons. The number of halogens is 2. The van der Waals surface area contributed by atoms with E-state index >= 15 is 0 Å². The van der Waals surface area contributed by atoms with Gasteiger partial charge in [-0.25, -0.2) is 4.39 Å². The first-order chi connectivity index (χ1) is 19.5. The Labute approximate surface area is 253 Å². The van der Waals surface area contributed by atoms with Gasteiger partial charge >= 0.3 is 5.97 Å². The molecule has 0 radical (unpaired) electrons. The van der Waals surface area contributed by atoms with Crippen molar-refractivity contribution < 1.29 is 23.4 Å². The maximum absolute atomic E-state index is 14.0. The van der Waals surface area contributed by atoms with Gasteiger partial charge < -0.3 is 14.2 Å². The van der Waals surface area contributed by atoms with E-state index in [-0.39, 0.29) is 30.3 Å². The first kappa shape index (κ1) is 34.9. The van der Waals surface area contributed by atoms with Crippen molar-refractivity contribution in [1.29, 1.82) is 0 Å². The summed E-state index contributed by atoms with van der Waals surface area (Å²) in [6.45, 7) is 3.54. The molecule has 0 amide bonds. The van der Waals surface area contributed by atoms with E-state index in [1.165, 1.54) is 51.0 Å². The van der Waals surface area contributed by atoms with Crippen molar-refractivity contribution in [3.05, 3.63) is 59.4 Å². The average Bonchev–Trinajstić information content (AvgIpc) is 3.30. The minimum Gasteiger partial charge on any atom is -0.497 e. The van der Waals surface area contributed by atoms with Gasteiger partial charge in [0.15, 0.2) is 0 Å². The van der Waals surface area contributed by atoms with Gasteiger partial charge in [0.05, 0.1) is 13.7 Å². The Morgan fingerprint density at radius 1 is 0.976 bits per heavy atom. The lowest BCUT2D eigenvalue weighted by Gasteiger charge is -2.19. The minimum absolute atomic E-state index is 0. The van der Waals surface area contributed by atoms with Crippen LogP contribution in [0.25, 0.3) is 0 Å². The van der Waals surface area contributed by atoms with Crippen molar-refractivity contribution >= 4 is 18.4 Å². The number of rotatable bonds is 19. The molecular formula is C34H51ClFNO4. The fourth-order valence-electron chi connectivity index (χ4n) is 5.57. The van der Waals surface area contributed by atoms with Gasteiger partial charge in [0.1, 0.15) is 23.4 Å². The molecule has 2 aromatic carbocycles. The first-order valence-electron chi connectivity index (χ1n) is 15.4. The Kier molecular flexibility index (Phi) is 16.8. The molecular weight excluding hydrogens is 541 g/mol. The summed E-state index contributed by atoms with van der Waals surface area (Å²) in [6, 6.07) is 13.0. The highest BCUT2D eigenvalue weighted by molar-refractivity contribution is 5.85. The van der Waals surface area contributed by atoms with E-state index in [1.54, 1.807) is 19.2 Å². The number of carbonyl (C=O) groups excluding carboxylic acids is 1. The lowest BCUT2D eigenvalue weighted by molar-refractivity contribution is -0.148. The lowest BCUT2D eigenvalue weighted by atomic mass is 10.0. The fraction of sp³-hybridized carbons (Fsp3) is 0.618. The van der Waals surface area contributed by atoms with Crippen LogP contribution in [0.3, 0.4) is 0 Å². The Balaban J connectivity index is 0.00000588. The van der Waals surface area contributed by atoms with Crippen LogP contribution in [-0.2, 0) is 22.4 Å². The molecule has 1 heterocycles. The Bertz CT molecular complexity index is 1020. The second-order valence-electron chi connectivity index (χ2n) is 11.3. The van der Waals surface area contributed by atoms with Crippen LogP contribution >= 0.6 is 12.4 Å². The maximum atomic E-state index is 14.0. The molecule has 5 nitrogen and oxygen atoms in total. The van der Waals surface area contributed by atoms with Crippen molar-refractivity contribution in [3.8, 4) is 11.5 Å². The standard InChI is InChI=1S/C34H50FNO4.ClH/c1-4-5-6-7-8-9-10-11-12-16-34(37)40-32-25-30(36(2)26-32)21-22-39-33-20-19-29(35)24-28(33)18-17-27-14-13-15-31(23-27)38-3;/h13-15,19-20,23-24,30,32H,4-12,16-18,21-22,25-26H2,1-3H3;1H/t30-,32-;/m1./s1. The number of methoxy groups -OCH3 is 1. The van der Waals surface area contributed by atoms with Crippen molar-refractivity contribution in [3.63, 3.8) is 0 Å². The van der Waals surface area contributed by atoms with Crippen molar-refractivity contribution in [1.82, 2.24) is 4.90 Å². The third-order valence-corrected chi connectivity index (χ3v) is 7.98. The van der Waals surface area contributed by atoms with Gasteiger partial charge in [-0.05, 0) is 74.2 Å². The third kappa shape index (κ3) is 13.0. The highest BCUT2D eigenvalue weighted by Crippen LogP contribution is 2.26. The van der Waals surface area contributed by atoms with E-state index < -0.39 is 0 Å². The topological polar surface area (TPSA) is 48.0 Å². The van der Waals surface area contributed by atoms with E-state index in [9.17, 15) is 9.18 Å². The highest BCUT2D eigenvalue weighted by Gasteiger charge is 2.31. The van der Waals surface area contributed by atoms with Gasteiger partial charge in [-0.15, -0.1) is 12.4 Å². The van der Waals surface area contributed by atoms with Crippen LogP contribution in [0.1, 0.15) is 95.1 Å². The molecule has 0 N–H and O–H groups in total. The molecule has 0 saturated carbocycles. The molecule has 0 spiro atoms. The normalized spacial score (nSPS) is 16.8. The van der Waals surface area contributed by atoms with Crippen molar-refractivity contribution in [2.75, 3.05) is 27.3 Å². The van der Waals surface area contributed by atoms with Crippen LogP contribution in [0.4, 0.5) is 4.39 Å². The van der Waals surface area contributed by atoms with Gasteiger partial charge in [-0.1, -0.05) is 70.4 Å². The first-order valence-corrected chi connectivity index (χ1v) is 15.4. The number of hydrogen-bond acceptors (Lipinski definition) is 5. The molecule has 1 saturated heterocycles. The van der Waals surface area contributed by atoms with Crippen LogP contribution in [0.5, 0.6) is 11.5 Å². The van der Waals surface area contributed by atoms with Gasteiger partial charge in [0.2, 0.25) is 0 Å². The zero-order chi connectivity index (χ0) is 28.6. The monoisotopic (exact) mass is 591 g/mol. The Hall–Kier alpha value is -2.31. The number of nitrogens with zero attached hydrogens (tertiary/aromatic N) is 1. The highest BCUT2D eigenvalue weighted by atomic mass is 35.5. The summed E-state index contributed by atoms with van der Waals surface area (Å²) in [4.78, 5) is 14.6. The average molecular weight is 592 g/mol. The Morgan fingerprint density at radius 3 is 2.44 bits per heavy atom. The molecule has 1 fully saturated rings. The molecule has 7 heteroatoms. The zero-order valence-electron chi connectivity index (χ0n) is 25.4. The van der Waals surface area contributed by atoms with Gasteiger partial charge in [-0.3, -0.25) is 9.69 Å². The second-order valence-corrected chi connectivity index (χ2v) is 11.3. The van der Waals surface area contributed by atoms with Crippen LogP contribution in [0.15, 0.2) is 42.5 Å². The third-order valence-electron chi connectivity index (χ3n) is 7.98. The number of likely N-dealkylation sites (tertiary alicyclic amines) is 1. The van der Waals surface area contributed by atoms with Crippen molar-refractivity contribution in [2.24, 2.45) is 0 Å². The lowest BCUT2D eigenvalue weighted by Crippen LogP contribution is -2.27.